The molecule has 5 rings (SSSR count). The average Bonchev–Trinajstić information content (AvgIpc) is 3.46. The Morgan fingerprint density at radius 2 is 1.55 bits per heavy atom. The Bertz CT molecular complexity index is 1130. The predicted molar refractivity (Wildman–Crippen MR) is 126 cm³/mol. The summed E-state index contributed by atoms with van der Waals surface area (Å²) in [6.07, 6.45) is 9.47. The third-order valence-corrected chi connectivity index (χ3v) is 6.38. The Balaban J connectivity index is 1.03. The lowest BCUT2D eigenvalue weighted by Gasteiger charge is -2.36. The first kappa shape index (κ1) is 19.9. The number of carbonyl (C=O) groups excluding carboxylic acids is 1. The molecule has 1 aliphatic heterocycles. The minimum atomic E-state index is 0.192. The molecule has 2 aromatic heterocycles. The van der Waals surface area contributed by atoms with Gasteiger partial charge in [-0.3, -0.25) is 14.3 Å². The molecule has 0 aliphatic carbocycles. The first-order valence-electron chi connectivity index (χ1n) is 11.3. The molecule has 0 atom stereocenters. The molecular weight excluding hydrogens is 386 g/mol. The number of para-hydroxylation sites is 1. The van der Waals surface area contributed by atoms with E-state index in [0.29, 0.717) is 6.42 Å². The van der Waals surface area contributed by atoms with Crippen molar-refractivity contribution in [3.8, 4) is 0 Å². The van der Waals surface area contributed by atoms with Crippen LogP contribution in [-0.2, 0) is 0 Å². The highest BCUT2D eigenvalue weighted by Crippen LogP contribution is 2.28. The molecule has 1 aliphatic rings. The maximum absolute atomic E-state index is 12.5. The number of hydrogen-bond donors (Lipinski definition) is 0. The molecule has 5 heteroatoms. The highest BCUT2D eigenvalue weighted by Gasteiger charge is 2.19. The van der Waals surface area contributed by atoms with Gasteiger partial charge < -0.3 is 9.32 Å². The molecule has 3 heterocycles. The van der Waals surface area contributed by atoms with E-state index < -0.39 is 0 Å². The summed E-state index contributed by atoms with van der Waals surface area (Å²) in [5, 5.41) is 3.42. The van der Waals surface area contributed by atoms with Gasteiger partial charge in [-0.1, -0.05) is 42.8 Å². The second-order valence-electron chi connectivity index (χ2n) is 8.44. The third kappa shape index (κ3) is 4.37. The molecular formula is C26H29N3O2. The summed E-state index contributed by atoms with van der Waals surface area (Å²) in [5.74, 6) is 0.192. The number of nitrogens with zero attached hydrogens (tertiary/aromatic N) is 3. The van der Waals surface area contributed by atoms with E-state index in [1.807, 2.05) is 42.7 Å². The van der Waals surface area contributed by atoms with Crippen molar-refractivity contribution in [3.63, 3.8) is 0 Å². The van der Waals surface area contributed by atoms with Crippen LogP contribution in [0.15, 0.2) is 71.6 Å². The summed E-state index contributed by atoms with van der Waals surface area (Å²) >= 11 is 0. The van der Waals surface area contributed by atoms with E-state index in [9.17, 15) is 4.79 Å². The van der Waals surface area contributed by atoms with Gasteiger partial charge in [0.25, 0.3) is 0 Å². The Labute approximate surface area is 182 Å². The van der Waals surface area contributed by atoms with Crippen molar-refractivity contribution in [3.05, 3.63) is 67.2 Å². The number of carbonyl (C=O) groups is 1. The number of unbranched alkanes of at least 4 members (excludes halogenated alkanes) is 2. The van der Waals surface area contributed by atoms with Crippen LogP contribution in [0.4, 0.5) is 5.69 Å². The molecule has 0 radical (unpaired) electrons. The lowest BCUT2D eigenvalue weighted by molar-refractivity contribution is 0.0899. The molecule has 31 heavy (non-hydrogen) atoms. The van der Waals surface area contributed by atoms with Crippen molar-refractivity contribution in [2.45, 2.75) is 25.7 Å². The monoisotopic (exact) mass is 415 g/mol. The molecule has 5 nitrogen and oxygen atoms in total. The average molecular weight is 416 g/mol. The second kappa shape index (κ2) is 8.98. The molecule has 0 N–H and O–H groups in total. The third-order valence-electron chi connectivity index (χ3n) is 6.38. The standard InChI is InChI=1S/C26H29N3O2/c30-25(29-19-22-7-3-4-8-23(22)20-29)11-2-1-5-13-27-14-16-28(17-15-27)24-10-6-9-21-12-18-31-26(21)24/h3-4,6-10,12,18-20H,1-2,5,11,13-17H2. The highest BCUT2D eigenvalue weighted by atomic mass is 16.3. The number of furan rings is 1. The van der Waals surface area contributed by atoms with Gasteiger partial charge in [0.15, 0.2) is 5.58 Å². The number of rotatable bonds is 7. The van der Waals surface area contributed by atoms with Gasteiger partial charge in [-0.15, -0.1) is 0 Å². The minimum absolute atomic E-state index is 0.192. The van der Waals surface area contributed by atoms with Crippen LogP contribution in [-0.4, -0.2) is 48.1 Å². The summed E-state index contributed by atoms with van der Waals surface area (Å²) < 4.78 is 7.46. The molecule has 2 aromatic carbocycles. The molecule has 160 valence electrons. The van der Waals surface area contributed by atoms with E-state index in [-0.39, 0.29) is 5.91 Å². The van der Waals surface area contributed by atoms with Crippen LogP contribution >= 0.6 is 0 Å². The Hall–Kier alpha value is -3.05. The first-order valence-corrected chi connectivity index (χ1v) is 11.3. The molecule has 0 amide bonds. The largest absolute Gasteiger partial charge is 0.462 e. The lowest BCUT2D eigenvalue weighted by Crippen LogP contribution is -2.46. The zero-order valence-electron chi connectivity index (χ0n) is 17.9. The van der Waals surface area contributed by atoms with Crippen LogP contribution in [0.5, 0.6) is 0 Å². The quantitative estimate of drug-likeness (QED) is 0.379. The molecule has 1 fully saturated rings. The molecule has 0 bridgehead atoms. The van der Waals surface area contributed by atoms with E-state index in [0.717, 1.165) is 68.3 Å². The summed E-state index contributed by atoms with van der Waals surface area (Å²) in [6, 6.07) is 16.5. The molecule has 0 spiro atoms. The number of aromatic nitrogens is 1. The van der Waals surface area contributed by atoms with E-state index in [2.05, 4.69) is 28.0 Å². The second-order valence-corrected chi connectivity index (χ2v) is 8.44. The fraction of sp³-hybridized carbons (Fsp3) is 0.346. The fourth-order valence-electron chi connectivity index (χ4n) is 4.58. The van der Waals surface area contributed by atoms with Gasteiger partial charge in [-0.2, -0.15) is 0 Å². The van der Waals surface area contributed by atoms with Gasteiger partial charge in [0.05, 0.1) is 12.0 Å². The maximum atomic E-state index is 12.5. The normalized spacial score (nSPS) is 15.2. The smallest absolute Gasteiger partial charge is 0.230 e. The van der Waals surface area contributed by atoms with E-state index >= 15 is 0 Å². The van der Waals surface area contributed by atoms with Crippen LogP contribution in [0, 0.1) is 0 Å². The number of hydrogen-bond acceptors (Lipinski definition) is 4. The highest BCUT2D eigenvalue weighted by molar-refractivity contribution is 5.90. The van der Waals surface area contributed by atoms with Crippen molar-refractivity contribution in [2.75, 3.05) is 37.6 Å². The Kier molecular flexibility index (Phi) is 5.76. The van der Waals surface area contributed by atoms with Crippen LogP contribution in [0.3, 0.4) is 0 Å². The summed E-state index contributed by atoms with van der Waals surface area (Å²) in [4.78, 5) is 17.4. The van der Waals surface area contributed by atoms with Crippen molar-refractivity contribution in [1.82, 2.24) is 9.47 Å². The summed E-state index contributed by atoms with van der Waals surface area (Å²) in [5.41, 5.74) is 2.20. The first-order chi connectivity index (χ1) is 15.3. The summed E-state index contributed by atoms with van der Waals surface area (Å²) in [7, 11) is 0. The van der Waals surface area contributed by atoms with E-state index in [1.54, 1.807) is 10.8 Å². The topological polar surface area (TPSA) is 41.6 Å². The SMILES string of the molecule is O=C(CCCCCN1CCN(c2cccc3ccoc23)CC1)n1cc2ccccc2c1. The predicted octanol–water partition coefficient (Wildman–Crippen LogP) is 5.41. The van der Waals surface area contributed by atoms with Gasteiger partial charge in [0.1, 0.15) is 0 Å². The van der Waals surface area contributed by atoms with Crippen molar-refractivity contribution in [1.29, 1.82) is 0 Å². The van der Waals surface area contributed by atoms with E-state index in [1.165, 1.54) is 11.1 Å². The van der Waals surface area contributed by atoms with Crippen molar-refractivity contribution >= 4 is 33.3 Å². The number of benzene rings is 2. The van der Waals surface area contributed by atoms with Crippen molar-refractivity contribution < 1.29 is 9.21 Å². The van der Waals surface area contributed by atoms with Crippen LogP contribution < -0.4 is 4.90 Å². The van der Waals surface area contributed by atoms with Crippen LogP contribution in [0.1, 0.15) is 30.5 Å². The molecule has 4 aromatic rings. The maximum Gasteiger partial charge on any atom is 0.230 e. The molecule has 0 saturated carbocycles. The Morgan fingerprint density at radius 3 is 2.32 bits per heavy atom. The minimum Gasteiger partial charge on any atom is -0.462 e. The molecule has 1 saturated heterocycles. The van der Waals surface area contributed by atoms with E-state index in [4.69, 9.17) is 4.42 Å². The Morgan fingerprint density at radius 1 is 0.806 bits per heavy atom. The number of piperazine rings is 1. The molecule has 0 unspecified atom stereocenters. The van der Waals surface area contributed by atoms with Crippen LogP contribution in [0.25, 0.3) is 21.7 Å². The number of fused-ring (bicyclic) bond motifs is 2. The van der Waals surface area contributed by atoms with Gasteiger partial charge in [-0.05, 0) is 42.3 Å². The van der Waals surface area contributed by atoms with Gasteiger partial charge in [-0.25, -0.2) is 0 Å². The summed E-state index contributed by atoms with van der Waals surface area (Å²) in [6.45, 7) is 5.32. The van der Waals surface area contributed by atoms with Gasteiger partial charge in [0, 0.05) is 50.4 Å². The zero-order chi connectivity index (χ0) is 21.0. The van der Waals surface area contributed by atoms with Crippen LogP contribution in [0.2, 0.25) is 0 Å². The lowest BCUT2D eigenvalue weighted by atomic mass is 10.1. The number of anilines is 1. The van der Waals surface area contributed by atoms with Crippen molar-refractivity contribution in [2.24, 2.45) is 0 Å². The zero-order valence-corrected chi connectivity index (χ0v) is 17.9. The van der Waals surface area contributed by atoms with Gasteiger partial charge >= 0.3 is 0 Å². The van der Waals surface area contributed by atoms with Gasteiger partial charge in [0.2, 0.25) is 5.91 Å². The fourth-order valence-corrected chi connectivity index (χ4v) is 4.58.